The minimum absolute atomic E-state index is 0.0715. The Balaban J connectivity index is 1.92. The quantitative estimate of drug-likeness (QED) is 0.649. The minimum Gasteiger partial charge on any atom is -0.493 e. The van der Waals surface area contributed by atoms with Crippen molar-refractivity contribution in [1.82, 2.24) is 10.2 Å². The van der Waals surface area contributed by atoms with Gasteiger partial charge in [0.1, 0.15) is 5.57 Å². The first kappa shape index (κ1) is 18.2. The number of barbiturate groups is 1. The standard InChI is InChI=1S/C20H18N2O5/c1-26-16-9-8-14(11-17(16)27-2)10-15-18(23)21-20(25)22(19(15)24)12-13-6-4-3-5-7-13/h3-11H,12H2,1-2H3,(H,21,23,25)/b15-10+. The number of carbonyl (C=O) groups excluding carboxylic acids is 3. The molecular weight excluding hydrogens is 348 g/mol. The summed E-state index contributed by atoms with van der Waals surface area (Å²) < 4.78 is 10.4. The predicted octanol–water partition coefficient (Wildman–Crippen LogP) is 2.37. The smallest absolute Gasteiger partial charge is 0.331 e. The molecule has 4 amide bonds. The number of nitrogens with one attached hydrogen (secondary N) is 1. The van der Waals surface area contributed by atoms with Gasteiger partial charge in [-0.05, 0) is 29.3 Å². The van der Waals surface area contributed by atoms with Gasteiger partial charge >= 0.3 is 6.03 Å². The van der Waals surface area contributed by atoms with E-state index >= 15 is 0 Å². The first-order chi connectivity index (χ1) is 13.0. The number of hydrogen-bond acceptors (Lipinski definition) is 5. The lowest BCUT2D eigenvalue weighted by atomic mass is 10.1. The zero-order chi connectivity index (χ0) is 19.4. The average Bonchev–Trinajstić information content (AvgIpc) is 2.69. The molecule has 0 saturated carbocycles. The number of imide groups is 2. The Morgan fingerprint density at radius 3 is 2.33 bits per heavy atom. The van der Waals surface area contributed by atoms with Crippen molar-refractivity contribution < 1.29 is 23.9 Å². The Kier molecular flexibility index (Phi) is 5.21. The Morgan fingerprint density at radius 2 is 1.67 bits per heavy atom. The molecule has 0 unspecified atom stereocenters. The van der Waals surface area contributed by atoms with E-state index in [-0.39, 0.29) is 12.1 Å². The number of ether oxygens (including phenoxy) is 2. The maximum Gasteiger partial charge on any atom is 0.331 e. The molecule has 1 aliphatic heterocycles. The van der Waals surface area contributed by atoms with Gasteiger partial charge in [0.2, 0.25) is 0 Å². The van der Waals surface area contributed by atoms with Crippen LogP contribution in [0.3, 0.4) is 0 Å². The lowest BCUT2D eigenvalue weighted by molar-refractivity contribution is -0.130. The van der Waals surface area contributed by atoms with Crippen molar-refractivity contribution >= 4 is 23.9 Å². The number of rotatable bonds is 5. The molecule has 1 aliphatic rings. The number of nitrogens with zero attached hydrogens (tertiary/aromatic N) is 1. The Hall–Kier alpha value is -3.61. The molecule has 0 spiro atoms. The molecule has 1 saturated heterocycles. The monoisotopic (exact) mass is 366 g/mol. The number of hydrogen-bond donors (Lipinski definition) is 1. The van der Waals surface area contributed by atoms with Gasteiger partial charge in [0.05, 0.1) is 20.8 Å². The Morgan fingerprint density at radius 1 is 0.963 bits per heavy atom. The molecule has 7 heteroatoms. The minimum atomic E-state index is -0.738. The summed E-state index contributed by atoms with van der Waals surface area (Å²) in [5.41, 5.74) is 1.22. The molecule has 1 heterocycles. The van der Waals surface area contributed by atoms with Crippen LogP contribution in [-0.4, -0.2) is 37.0 Å². The molecule has 138 valence electrons. The molecule has 0 atom stereocenters. The fourth-order valence-electron chi connectivity index (χ4n) is 2.71. The van der Waals surface area contributed by atoms with Gasteiger partial charge in [-0.1, -0.05) is 36.4 Å². The predicted molar refractivity (Wildman–Crippen MR) is 98.1 cm³/mol. The van der Waals surface area contributed by atoms with Crippen LogP contribution in [0.1, 0.15) is 11.1 Å². The molecule has 1 N–H and O–H groups in total. The maximum absolute atomic E-state index is 12.8. The van der Waals surface area contributed by atoms with Crippen molar-refractivity contribution in [2.45, 2.75) is 6.54 Å². The van der Waals surface area contributed by atoms with Crippen LogP contribution in [0.15, 0.2) is 54.1 Å². The van der Waals surface area contributed by atoms with E-state index in [0.29, 0.717) is 17.1 Å². The van der Waals surface area contributed by atoms with Crippen LogP contribution in [0.4, 0.5) is 4.79 Å². The van der Waals surface area contributed by atoms with Gasteiger partial charge in [-0.15, -0.1) is 0 Å². The summed E-state index contributed by atoms with van der Waals surface area (Å²) >= 11 is 0. The number of carbonyl (C=O) groups is 3. The van der Waals surface area contributed by atoms with Gasteiger partial charge < -0.3 is 9.47 Å². The number of methoxy groups -OCH3 is 2. The highest BCUT2D eigenvalue weighted by Gasteiger charge is 2.35. The van der Waals surface area contributed by atoms with Crippen LogP contribution < -0.4 is 14.8 Å². The summed E-state index contributed by atoms with van der Waals surface area (Å²) in [6.07, 6.45) is 1.42. The molecule has 27 heavy (non-hydrogen) atoms. The van der Waals surface area contributed by atoms with E-state index in [9.17, 15) is 14.4 Å². The van der Waals surface area contributed by atoms with Crippen molar-refractivity contribution in [2.75, 3.05) is 14.2 Å². The van der Waals surface area contributed by atoms with Gasteiger partial charge in [-0.25, -0.2) is 4.79 Å². The van der Waals surface area contributed by atoms with E-state index in [1.165, 1.54) is 20.3 Å². The van der Waals surface area contributed by atoms with E-state index in [1.807, 2.05) is 18.2 Å². The summed E-state index contributed by atoms with van der Waals surface area (Å²) in [4.78, 5) is 38.1. The van der Waals surface area contributed by atoms with Crippen LogP contribution in [0.25, 0.3) is 6.08 Å². The SMILES string of the molecule is COc1ccc(/C=C2\C(=O)NC(=O)N(Cc3ccccc3)C2=O)cc1OC. The third-order valence-corrected chi connectivity index (χ3v) is 4.09. The molecule has 3 rings (SSSR count). The Labute approximate surface area is 156 Å². The number of amides is 4. The van der Waals surface area contributed by atoms with Gasteiger partial charge in [0.25, 0.3) is 11.8 Å². The molecular formula is C20H18N2O5. The van der Waals surface area contributed by atoms with E-state index in [2.05, 4.69) is 5.32 Å². The summed E-state index contributed by atoms with van der Waals surface area (Å²) in [6, 6.07) is 13.3. The average molecular weight is 366 g/mol. The third kappa shape index (κ3) is 3.82. The number of benzene rings is 2. The van der Waals surface area contributed by atoms with E-state index in [0.717, 1.165) is 10.5 Å². The third-order valence-electron chi connectivity index (χ3n) is 4.09. The summed E-state index contributed by atoms with van der Waals surface area (Å²) in [5.74, 6) is -0.390. The van der Waals surface area contributed by atoms with Crippen LogP contribution in [0.5, 0.6) is 11.5 Å². The molecule has 1 fully saturated rings. The fourth-order valence-corrected chi connectivity index (χ4v) is 2.71. The first-order valence-corrected chi connectivity index (χ1v) is 8.18. The highest BCUT2D eigenvalue weighted by atomic mass is 16.5. The van der Waals surface area contributed by atoms with Gasteiger partial charge in [-0.2, -0.15) is 0 Å². The van der Waals surface area contributed by atoms with Crippen LogP contribution in [0.2, 0.25) is 0 Å². The van der Waals surface area contributed by atoms with E-state index < -0.39 is 17.8 Å². The topological polar surface area (TPSA) is 84.9 Å². The van der Waals surface area contributed by atoms with Crippen molar-refractivity contribution in [3.63, 3.8) is 0 Å². The largest absolute Gasteiger partial charge is 0.493 e. The zero-order valence-electron chi connectivity index (χ0n) is 14.9. The molecule has 0 aromatic heterocycles. The highest BCUT2D eigenvalue weighted by molar-refractivity contribution is 6.30. The van der Waals surface area contributed by atoms with Crippen LogP contribution >= 0.6 is 0 Å². The summed E-state index contributed by atoms with van der Waals surface area (Å²) in [6.45, 7) is 0.0715. The van der Waals surface area contributed by atoms with Crippen molar-refractivity contribution in [1.29, 1.82) is 0 Å². The molecule has 2 aromatic rings. The molecule has 2 aromatic carbocycles. The lowest BCUT2D eigenvalue weighted by Crippen LogP contribution is -2.53. The van der Waals surface area contributed by atoms with Crippen molar-refractivity contribution in [3.8, 4) is 11.5 Å². The highest BCUT2D eigenvalue weighted by Crippen LogP contribution is 2.29. The van der Waals surface area contributed by atoms with Crippen molar-refractivity contribution in [3.05, 3.63) is 65.2 Å². The summed E-state index contributed by atoms with van der Waals surface area (Å²) in [5, 5.41) is 2.20. The normalized spacial score (nSPS) is 15.7. The zero-order valence-corrected chi connectivity index (χ0v) is 14.9. The molecule has 7 nitrogen and oxygen atoms in total. The Bertz CT molecular complexity index is 921. The van der Waals surface area contributed by atoms with E-state index in [1.54, 1.807) is 30.3 Å². The fraction of sp³-hybridized carbons (Fsp3) is 0.150. The summed E-state index contributed by atoms with van der Waals surface area (Å²) in [7, 11) is 3.01. The van der Waals surface area contributed by atoms with Gasteiger partial charge in [0.15, 0.2) is 11.5 Å². The van der Waals surface area contributed by atoms with E-state index in [4.69, 9.17) is 9.47 Å². The molecule has 0 bridgehead atoms. The molecule has 0 radical (unpaired) electrons. The maximum atomic E-state index is 12.8. The second-order valence-corrected chi connectivity index (χ2v) is 5.81. The lowest BCUT2D eigenvalue weighted by Gasteiger charge is -2.26. The second kappa shape index (κ2) is 7.74. The van der Waals surface area contributed by atoms with Gasteiger partial charge in [0, 0.05) is 0 Å². The first-order valence-electron chi connectivity index (χ1n) is 8.18. The van der Waals surface area contributed by atoms with Crippen LogP contribution in [0, 0.1) is 0 Å². The van der Waals surface area contributed by atoms with Crippen molar-refractivity contribution in [2.24, 2.45) is 0 Å². The van der Waals surface area contributed by atoms with Gasteiger partial charge in [-0.3, -0.25) is 19.8 Å². The second-order valence-electron chi connectivity index (χ2n) is 5.81. The number of urea groups is 1. The molecule has 0 aliphatic carbocycles. The van der Waals surface area contributed by atoms with Crippen LogP contribution in [-0.2, 0) is 16.1 Å².